The molecule has 0 saturated heterocycles. The molecular formula is C10H11N3O4S3. The molecule has 0 bridgehead atoms. The summed E-state index contributed by atoms with van der Waals surface area (Å²) in [5, 5.41) is 12.4. The number of nitrogens with one attached hydrogen (secondary N) is 1. The third-order valence-electron chi connectivity index (χ3n) is 2.48. The predicted molar refractivity (Wildman–Crippen MR) is 78.4 cm³/mol. The van der Waals surface area contributed by atoms with Gasteiger partial charge in [0.1, 0.15) is 4.21 Å². The van der Waals surface area contributed by atoms with Gasteiger partial charge in [-0.25, -0.2) is 13.1 Å². The minimum Gasteiger partial charge on any atom is -0.385 e. The molecule has 2 aromatic heterocycles. The molecule has 1 unspecified atom stereocenters. The van der Waals surface area contributed by atoms with Crippen molar-refractivity contribution in [1.29, 1.82) is 0 Å². The summed E-state index contributed by atoms with van der Waals surface area (Å²) in [6.07, 6.45) is 0. The third-order valence-corrected chi connectivity index (χ3v) is 6.50. The predicted octanol–water partition coefficient (Wildman–Crippen LogP) is 2.34. The number of thiophene rings is 2. The maximum Gasteiger partial charge on any atom is 0.304 e. The van der Waals surface area contributed by atoms with Crippen molar-refractivity contribution in [3.05, 3.63) is 38.6 Å². The van der Waals surface area contributed by atoms with Crippen molar-refractivity contribution < 1.29 is 13.3 Å². The van der Waals surface area contributed by atoms with Gasteiger partial charge in [0.25, 0.3) is 10.0 Å². The fraction of sp³-hybridized carbons (Fsp3) is 0.200. The highest BCUT2D eigenvalue weighted by Gasteiger charge is 2.26. The Balaban J connectivity index is 2.27. The Labute approximate surface area is 123 Å². The molecule has 2 heterocycles. The highest BCUT2D eigenvalue weighted by molar-refractivity contribution is 7.91. The second-order valence-electron chi connectivity index (χ2n) is 3.93. The second kappa shape index (κ2) is 5.48. The van der Waals surface area contributed by atoms with E-state index in [4.69, 9.17) is 5.73 Å². The van der Waals surface area contributed by atoms with E-state index < -0.39 is 21.0 Å². The molecule has 2 aromatic rings. The van der Waals surface area contributed by atoms with E-state index in [1.165, 1.54) is 11.3 Å². The van der Waals surface area contributed by atoms with Crippen LogP contribution in [0.3, 0.4) is 0 Å². The van der Waals surface area contributed by atoms with Crippen LogP contribution in [0.25, 0.3) is 0 Å². The van der Waals surface area contributed by atoms with Crippen LogP contribution >= 0.6 is 22.7 Å². The smallest absolute Gasteiger partial charge is 0.304 e. The van der Waals surface area contributed by atoms with E-state index in [2.05, 4.69) is 4.72 Å². The molecule has 108 valence electrons. The number of nitrogen functional groups attached to an aromatic ring is 1. The van der Waals surface area contributed by atoms with Gasteiger partial charge in [-0.1, -0.05) is 17.4 Å². The van der Waals surface area contributed by atoms with Crippen molar-refractivity contribution >= 4 is 43.4 Å². The number of nitrogens with zero attached hydrogens (tertiary/aromatic N) is 1. The Bertz CT molecular complexity index is 721. The zero-order valence-electron chi connectivity index (χ0n) is 10.3. The standard InChI is InChI=1S/C10H11N3O4S3/c1-6(8-3-2-4-18-8)12-20(16,17)9-5-7(13(14)15)10(11)19-9/h2-6,12H,11H2,1H3. The van der Waals surface area contributed by atoms with Gasteiger partial charge in [0.2, 0.25) is 0 Å². The van der Waals surface area contributed by atoms with Crippen molar-refractivity contribution in [2.75, 3.05) is 5.73 Å². The summed E-state index contributed by atoms with van der Waals surface area (Å²) in [6.45, 7) is 1.70. The Morgan fingerprint density at radius 1 is 1.50 bits per heavy atom. The molecule has 0 aromatic carbocycles. The quantitative estimate of drug-likeness (QED) is 0.643. The first-order chi connectivity index (χ1) is 9.31. The maximum absolute atomic E-state index is 12.2. The first-order valence-electron chi connectivity index (χ1n) is 5.40. The molecule has 7 nitrogen and oxygen atoms in total. The summed E-state index contributed by atoms with van der Waals surface area (Å²) in [5.74, 6) is 0. The minimum absolute atomic E-state index is 0.126. The number of sulfonamides is 1. The molecule has 20 heavy (non-hydrogen) atoms. The lowest BCUT2D eigenvalue weighted by Gasteiger charge is -2.11. The van der Waals surface area contributed by atoms with Gasteiger partial charge in [0.15, 0.2) is 5.00 Å². The van der Waals surface area contributed by atoms with Crippen LogP contribution in [0, 0.1) is 10.1 Å². The average Bonchev–Trinajstić information content (AvgIpc) is 2.96. The molecular weight excluding hydrogens is 322 g/mol. The highest BCUT2D eigenvalue weighted by atomic mass is 32.2. The summed E-state index contributed by atoms with van der Waals surface area (Å²) < 4.78 is 26.6. The van der Waals surface area contributed by atoms with Crippen LogP contribution < -0.4 is 10.5 Å². The Morgan fingerprint density at radius 3 is 2.70 bits per heavy atom. The molecule has 0 aliphatic carbocycles. The number of hydrogen-bond acceptors (Lipinski definition) is 7. The topological polar surface area (TPSA) is 115 Å². The zero-order valence-corrected chi connectivity index (χ0v) is 12.7. The van der Waals surface area contributed by atoms with Crippen molar-refractivity contribution in [3.63, 3.8) is 0 Å². The number of rotatable bonds is 5. The third kappa shape index (κ3) is 2.98. The Morgan fingerprint density at radius 2 is 2.20 bits per heavy atom. The monoisotopic (exact) mass is 333 g/mol. The summed E-state index contributed by atoms with van der Waals surface area (Å²) in [7, 11) is -3.83. The molecule has 0 radical (unpaired) electrons. The van der Waals surface area contributed by atoms with Crippen LogP contribution in [0.1, 0.15) is 17.8 Å². The van der Waals surface area contributed by atoms with Crippen molar-refractivity contribution in [3.8, 4) is 0 Å². The lowest BCUT2D eigenvalue weighted by molar-refractivity contribution is -0.383. The zero-order chi connectivity index (χ0) is 14.9. The Kier molecular flexibility index (Phi) is 4.09. The van der Waals surface area contributed by atoms with E-state index in [1.54, 1.807) is 6.92 Å². The fourth-order valence-electron chi connectivity index (χ4n) is 1.53. The summed E-state index contributed by atoms with van der Waals surface area (Å²) in [5.41, 5.74) is 5.06. The molecule has 0 saturated carbocycles. The van der Waals surface area contributed by atoms with Crippen LogP contribution in [-0.2, 0) is 10.0 Å². The first kappa shape index (κ1) is 14.9. The molecule has 0 spiro atoms. The normalized spacial score (nSPS) is 13.2. The van der Waals surface area contributed by atoms with Gasteiger partial charge in [-0.2, -0.15) is 0 Å². The van der Waals surface area contributed by atoms with E-state index in [9.17, 15) is 18.5 Å². The summed E-state index contributed by atoms with van der Waals surface area (Å²) in [4.78, 5) is 10.8. The van der Waals surface area contributed by atoms with Crippen LogP contribution in [0.4, 0.5) is 10.7 Å². The van der Waals surface area contributed by atoms with Crippen LogP contribution in [0.5, 0.6) is 0 Å². The first-order valence-corrected chi connectivity index (χ1v) is 8.58. The maximum atomic E-state index is 12.2. The second-order valence-corrected chi connectivity index (χ2v) is 7.93. The molecule has 0 amide bonds. The highest BCUT2D eigenvalue weighted by Crippen LogP contribution is 2.35. The summed E-state index contributed by atoms with van der Waals surface area (Å²) in [6, 6.07) is 4.19. The molecule has 0 aliphatic heterocycles. The number of hydrogen-bond donors (Lipinski definition) is 2. The average molecular weight is 333 g/mol. The van der Waals surface area contributed by atoms with E-state index in [0.29, 0.717) is 11.3 Å². The van der Waals surface area contributed by atoms with Crippen LogP contribution in [0.2, 0.25) is 0 Å². The molecule has 1 atom stereocenters. The fourth-order valence-corrected chi connectivity index (χ4v) is 4.80. The van der Waals surface area contributed by atoms with E-state index in [0.717, 1.165) is 10.9 Å². The van der Waals surface area contributed by atoms with Gasteiger partial charge in [-0.3, -0.25) is 10.1 Å². The van der Waals surface area contributed by atoms with Crippen molar-refractivity contribution in [2.45, 2.75) is 17.2 Å². The van der Waals surface area contributed by atoms with Crippen molar-refractivity contribution in [1.82, 2.24) is 4.72 Å². The van der Waals surface area contributed by atoms with Gasteiger partial charge in [0, 0.05) is 10.9 Å². The van der Waals surface area contributed by atoms with Gasteiger partial charge >= 0.3 is 5.69 Å². The lowest BCUT2D eigenvalue weighted by Crippen LogP contribution is -2.25. The van der Waals surface area contributed by atoms with Gasteiger partial charge in [-0.15, -0.1) is 11.3 Å². The molecule has 2 rings (SSSR count). The van der Waals surface area contributed by atoms with Crippen LogP contribution in [-0.4, -0.2) is 13.3 Å². The largest absolute Gasteiger partial charge is 0.385 e. The van der Waals surface area contributed by atoms with Gasteiger partial charge < -0.3 is 5.73 Å². The number of nitro groups is 1. The Hall–Kier alpha value is -1.49. The van der Waals surface area contributed by atoms with E-state index in [1.807, 2.05) is 17.5 Å². The molecule has 0 fully saturated rings. The number of nitrogens with two attached hydrogens (primary N) is 1. The molecule has 10 heteroatoms. The van der Waals surface area contributed by atoms with E-state index in [-0.39, 0.29) is 14.9 Å². The summed E-state index contributed by atoms with van der Waals surface area (Å²) >= 11 is 2.10. The van der Waals surface area contributed by atoms with Gasteiger partial charge in [-0.05, 0) is 18.4 Å². The number of anilines is 1. The SMILES string of the molecule is CC(NS(=O)(=O)c1cc([N+](=O)[O-])c(N)s1)c1cccs1. The van der Waals surface area contributed by atoms with E-state index >= 15 is 0 Å². The minimum atomic E-state index is -3.83. The lowest BCUT2D eigenvalue weighted by atomic mass is 10.3. The molecule has 3 N–H and O–H groups in total. The van der Waals surface area contributed by atoms with Crippen molar-refractivity contribution in [2.24, 2.45) is 0 Å². The van der Waals surface area contributed by atoms with Gasteiger partial charge in [0.05, 0.1) is 11.0 Å². The molecule has 0 aliphatic rings. The van der Waals surface area contributed by atoms with Crippen LogP contribution in [0.15, 0.2) is 27.8 Å².